The first-order valence-electron chi connectivity index (χ1n) is 9.16. The Balaban J connectivity index is 1.43. The van der Waals surface area contributed by atoms with E-state index in [1.165, 1.54) is 11.3 Å². The molecule has 10 heteroatoms. The third-order valence-corrected chi connectivity index (χ3v) is 5.65. The minimum absolute atomic E-state index is 0.330. The number of fused-ring (bicyclic) bond motifs is 1. The molecule has 1 amide bonds. The van der Waals surface area contributed by atoms with Crippen molar-refractivity contribution in [3.8, 4) is 0 Å². The van der Waals surface area contributed by atoms with E-state index in [2.05, 4.69) is 10.6 Å². The quantitative estimate of drug-likeness (QED) is 0.475. The van der Waals surface area contributed by atoms with E-state index in [9.17, 15) is 22.4 Å². The molecule has 0 bridgehead atoms. The molecule has 160 valence electrons. The highest BCUT2D eigenvalue weighted by Crippen LogP contribution is 2.32. The van der Waals surface area contributed by atoms with Gasteiger partial charge >= 0.3 is 6.18 Å². The average molecular weight is 448 g/mol. The summed E-state index contributed by atoms with van der Waals surface area (Å²) in [6, 6.07) is 10.5. The first kappa shape index (κ1) is 20.9. The topological polar surface area (TPSA) is 68.2 Å². The van der Waals surface area contributed by atoms with Gasteiger partial charge in [0.15, 0.2) is 0 Å². The maximum Gasteiger partial charge on any atom is 0.416 e. The summed E-state index contributed by atoms with van der Waals surface area (Å²) in [4.78, 5) is 14.0. The lowest BCUT2D eigenvalue weighted by atomic mass is 10.1. The highest BCUT2D eigenvalue weighted by atomic mass is 32.1. The van der Waals surface area contributed by atoms with E-state index in [1.807, 2.05) is 11.4 Å². The molecule has 0 unspecified atom stereocenters. The first-order chi connectivity index (χ1) is 14.7. The summed E-state index contributed by atoms with van der Waals surface area (Å²) in [6.45, 7) is 0.423. The van der Waals surface area contributed by atoms with Gasteiger partial charge < -0.3 is 15.5 Å². The van der Waals surface area contributed by atoms with Gasteiger partial charge in [-0.2, -0.15) is 13.2 Å². The molecule has 5 nitrogen and oxygen atoms in total. The lowest BCUT2D eigenvalue weighted by Crippen LogP contribution is -2.39. The predicted octanol–water partition coefficient (Wildman–Crippen LogP) is 5.30. The Morgan fingerprint density at radius 2 is 1.90 bits per heavy atom. The van der Waals surface area contributed by atoms with Crippen LogP contribution in [-0.4, -0.2) is 18.4 Å². The van der Waals surface area contributed by atoms with Crippen molar-refractivity contribution in [2.75, 3.05) is 22.2 Å². The van der Waals surface area contributed by atoms with Crippen LogP contribution >= 0.6 is 11.3 Å². The zero-order valence-electron chi connectivity index (χ0n) is 15.9. The number of alkyl halides is 3. The van der Waals surface area contributed by atoms with Crippen molar-refractivity contribution in [3.63, 3.8) is 0 Å². The van der Waals surface area contributed by atoms with Gasteiger partial charge in [0.05, 0.1) is 24.2 Å². The Morgan fingerprint density at radius 3 is 2.61 bits per heavy atom. The molecule has 4 rings (SSSR count). The molecule has 2 aromatic carbocycles. The van der Waals surface area contributed by atoms with Crippen molar-refractivity contribution in [2.24, 2.45) is 0 Å². The van der Waals surface area contributed by atoms with E-state index in [4.69, 9.17) is 5.41 Å². The van der Waals surface area contributed by atoms with Gasteiger partial charge in [0.2, 0.25) is 5.91 Å². The van der Waals surface area contributed by atoms with Crippen LogP contribution in [0.25, 0.3) is 0 Å². The van der Waals surface area contributed by atoms with Gasteiger partial charge in [0.1, 0.15) is 16.7 Å². The second-order valence-electron chi connectivity index (χ2n) is 6.85. The van der Waals surface area contributed by atoms with Crippen LogP contribution in [0.5, 0.6) is 0 Å². The summed E-state index contributed by atoms with van der Waals surface area (Å²) in [6.07, 6.45) is -5.14. The molecule has 1 aliphatic heterocycles. The molecule has 3 N–H and O–H groups in total. The van der Waals surface area contributed by atoms with E-state index < -0.39 is 29.9 Å². The third-order valence-electron chi connectivity index (χ3n) is 4.77. The van der Waals surface area contributed by atoms with Gasteiger partial charge in [-0.3, -0.25) is 10.2 Å². The van der Waals surface area contributed by atoms with Crippen LogP contribution in [0, 0.1) is 11.2 Å². The van der Waals surface area contributed by atoms with Crippen molar-refractivity contribution >= 4 is 39.5 Å². The molecule has 0 atom stereocenters. The largest absolute Gasteiger partial charge is 0.416 e. The average Bonchev–Trinajstić information content (AvgIpc) is 3.20. The van der Waals surface area contributed by atoms with Gasteiger partial charge in [0.25, 0.3) is 0 Å². The highest BCUT2D eigenvalue weighted by Gasteiger charge is 2.31. The minimum Gasteiger partial charge on any atom is -0.359 e. The van der Waals surface area contributed by atoms with Crippen molar-refractivity contribution in [1.82, 2.24) is 0 Å². The van der Waals surface area contributed by atoms with Crippen LogP contribution in [0.1, 0.15) is 16.7 Å². The summed E-state index contributed by atoms with van der Waals surface area (Å²) in [5.74, 6) is -1.16. The predicted molar refractivity (Wildman–Crippen MR) is 112 cm³/mol. The lowest BCUT2D eigenvalue weighted by Gasteiger charge is -2.30. The van der Waals surface area contributed by atoms with Gasteiger partial charge in [-0.05, 0) is 59.5 Å². The smallest absolute Gasteiger partial charge is 0.359 e. The van der Waals surface area contributed by atoms with E-state index in [-0.39, 0.29) is 5.56 Å². The van der Waals surface area contributed by atoms with Crippen LogP contribution in [-0.2, 0) is 17.4 Å². The maximum absolute atomic E-state index is 13.9. The number of rotatable bonds is 4. The van der Waals surface area contributed by atoms with Crippen LogP contribution in [0.15, 0.2) is 53.9 Å². The fourth-order valence-corrected chi connectivity index (χ4v) is 4.00. The van der Waals surface area contributed by atoms with Crippen LogP contribution in [0.4, 0.5) is 33.9 Å². The molecule has 31 heavy (non-hydrogen) atoms. The summed E-state index contributed by atoms with van der Waals surface area (Å²) in [5.41, 5.74) is 0.609. The van der Waals surface area contributed by atoms with Gasteiger partial charge in [0, 0.05) is 11.4 Å². The molecule has 0 aliphatic carbocycles. The lowest BCUT2D eigenvalue weighted by molar-refractivity contribution is -0.137. The number of benzene rings is 2. The Hall–Kier alpha value is -3.40. The maximum atomic E-state index is 13.9. The van der Waals surface area contributed by atoms with E-state index in [0.29, 0.717) is 36.4 Å². The van der Waals surface area contributed by atoms with Crippen LogP contribution < -0.4 is 15.5 Å². The Morgan fingerprint density at radius 1 is 1.16 bits per heavy atom. The first-order valence-corrected chi connectivity index (χ1v) is 10.0. The van der Waals surface area contributed by atoms with Gasteiger partial charge in [-0.15, -0.1) is 11.3 Å². The standard InChI is InChI=1S/C21H16F4N4OS/c22-17-6-1-13(21(23,24)25)9-12(17)10-18(30)28-14-2-4-15(5-3-14)29-11-27-20-16(19(29)26)7-8-31-20/h1-9,26-27H,10-11H2,(H,28,30). The minimum atomic E-state index is -4.62. The Kier molecular flexibility index (Phi) is 5.40. The van der Waals surface area contributed by atoms with Gasteiger partial charge in [-0.1, -0.05) is 0 Å². The Labute approximate surface area is 178 Å². The zero-order chi connectivity index (χ0) is 22.2. The SMILES string of the molecule is N=C1c2ccsc2NCN1c1ccc(NC(=O)Cc2cc(C(F)(F)F)ccc2F)cc1. The van der Waals surface area contributed by atoms with Crippen LogP contribution in [0.2, 0.25) is 0 Å². The number of carbonyl (C=O) groups is 1. The number of halogens is 4. The number of amidine groups is 1. The molecule has 0 saturated carbocycles. The number of amides is 1. The molecule has 0 saturated heterocycles. The molecular formula is C21H16F4N4OS. The number of thiophene rings is 1. The van der Waals surface area contributed by atoms with E-state index >= 15 is 0 Å². The van der Waals surface area contributed by atoms with Crippen LogP contribution in [0.3, 0.4) is 0 Å². The second kappa shape index (κ2) is 8.03. The van der Waals surface area contributed by atoms with E-state index in [0.717, 1.165) is 16.3 Å². The number of carbonyl (C=O) groups excluding carboxylic acids is 1. The fourth-order valence-electron chi connectivity index (χ4n) is 3.22. The molecule has 0 spiro atoms. The summed E-state index contributed by atoms with van der Waals surface area (Å²) >= 11 is 1.52. The summed E-state index contributed by atoms with van der Waals surface area (Å²) in [7, 11) is 0. The third kappa shape index (κ3) is 4.38. The molecule has 3 aromatic rings. The Bertz CT molecular complexity index is 1140. The normalized spacial score (nSPS) is 13.5. The van der Waals surface area contributed by atoms with Crippen molar-refractivity contribution in [3.05, 3.63) is 76.4 Å². The molecule has 1 aliphatic rings. The van der Waals surface area contributed by atoms with E-state index in [1.54, 1.807) is 29.2 Å². The van der Waals surface area contributed by atoms with Gasteiger partial charge in [-0.25, -0.2) is 4.39 Å². The molecule has 1 aromatic heterocycles. The number of nitrogens with zero attached hydrogens (tertiary/aromatic N) is 1. The second-order valence-corrected chi connectivity index (χ2v) is 7.77. The number of anilines is 3. The molecule has 0 radical (unpaired) electrons. The zero-order valence-corrected chi connectivity index (χ0v) is 16.7. The molecule has 0 fully saturated rings. The molecule has 2 heterocycles. The summed E-state index contributed by atoms with van der Waals surface area (Å²) < 4.78 is 52.3. The number of hydrogen-bond acceptors (Lipinski definition) is 4. The number of nitrogens with one attached hydrogen (secondary N) is 3. The number of hydrogen-bond donors (Lipinski definition) is 3. The molecular weight excluding hydrogens is 432 g/mol. The fraction of sp³-hybridized carbons (Fsp3) is 0.143. The highest BCUT2D eigenvalue weighted by molar-refractivity contribution is 7.14. The summed E-state index contributed by atoms with van der Waals surface area (Å²) in [5, 5.41) is 17.0. The van der Waals surface area contributed by atoms with Crippen molar-refractivity contribution < 1.29 is 22.4 Å². The van der Waals surface area contributed by atoms with Crippen molar-refractivity contribution in [1.29, 1.82) is 5.41 Å². The van der Waals surface area contributed by atoms with Crippen molar-refractivity contribution in [2.45, 2.75) is 12.6 Å². The monoisotopic (exact) mass is 448 g/mol.